The van der Waals surface area contributed by atoms with Crippen molar-refractivity contribution in [3.05, 3.63) is 101 Å². The van der Waals surface area contributed by atoms with Crippen LogP contribution in [0.5, 0.6) is 5.75 Å². The van der Waals surface area contributed by atoms with Crippen molar-refractivity contribution in [1.82, 2.24) is 0 Å². The van der Waals surface area contributed by atoms with E-state index in [9.17, 15) is 39.5 Å². The fourth-order valence-corrected chi connectivity index (χ4v) is 3.35. The minimum absolute atomic E-state index is 0.125. The van der Waals surface area contributed by atoms with E-state index in [2.05, 4.69) is 4.74 Å². The molecule has 3 rings (SSSR count). The molecule has 3 aromatic rings. The molecular weight excluding hydrogens is 487 g/mol. The SMILES string of the molecule is CC=CCCc1ccc(-c2ccc(C(F)(F)Oc3cc(F)c(C(F)(F)F)c(F)c3)c(F)c2F)cc1. The Morgan fingerprint density at radius 2 is 1.40 bits per heavy atom. The number of ether oxygens (including phenoxy) is 1. The van der Waals surface area contributed by atoms with Crippen molar-refractivity contribution < 1.29 is 44.3 Å². The number of alkyl halides is 5. The van der Waals surface area contributed by atoms with Crippen molar-refractivity contribution in [3.63, 3.8) is 0 Å². The molecule has 1 nitrogen and oxygen atoms in total. The molecule has 0 fully saturated rings. The Morgan fingerprint density at radius 3 is 1.94 bits per heavy atom. The van der Waals surface area contributed by atoms with Crippen LogP contribution in [0.4, 0.5) is 39.5 Å². The summed E-state index contributed by atoms with van der Waals surface area (Å²) >= 11 is 0. The lowest BCUT2D eigenvalue weighted by Gasteiger charge is -2.20. The average molecular weight is 504 g/mol. The third kappa shape index (κ3) is 5.80. The molecule has 0 aliphatic heterocycles. The summed E-state index contributed by atoms with van der Waals surface area (Å²) in [6, 6.07) is 7.47. The summed E-state index contributed by atoms with van der Waals surface area (Å²) in [5.41, 5.74) is -3.11. The summed E-state index contributed by atoms with van der Waals surface area (Å²) in [5, 5.41) is 0. The lowest BCUT2D eigenvalue weighted by molar-refractivity contribution is -0.188. The molecule has 0 aliphatic rings. The molecule has 0 bridgehead atoms. The number of benzene rings is 3. The summed E-state index contributed by atoms with van der Waals surface area (Å²) in [7, 11) is 0. The van der Waals surface area contributed by atoms with Crippen molar-refractivity contribution in [2.24, 2.45) is 0 Å². The van der Waals surface area contributed by atoms with Gasteiger partial charge < -0.3 is 4.74 Å². The van der Waals surface area contributed by atoms with Gasteiger partial charge in [-0.25, -0.2) is 17.6 Å². The van der Waals surface area contributed by atoms with Gasteiger partial charge in [-0.3, -0.25) is 0 Å². The quantitative estimate of drug-likeness (QED) is 0.231. The number of hydrogen-bond donors (Lipinski definition) is 0. The Balaban J connectivity index is 1.88. The number of rotatable bonds is 7. The number of halogens is 9. The monoisotopic (exact) mass is 504 g/mol. The van der Waals surface area contributed by atoms with Crippen LogP contribution in [-0.2, 0) is 18.7 Å². The van der Waals surface area contributed by atoms with E-state index in [1.54, 1.807) is 12.1 Å². The molecule has 0 aliphatic carbocycles. The van der Waals surface area contributed by atoms with E-state index < -0.39 is 52.4 Å². The normalized spacial score (nSPS) is 12.4. The van der Waals surface area contributed by atoms with Crippen LogP contribution in [0.2, 0.25) is 0 Å². The first-order valence-electron chi connectivity index (χ1n) is 10.2. The van der Waals surface area contributed by atoms with Crippen LogP contribution in [0.3, 0.4) is 0 Å². The highest BCUT2D eigenvalue weighted by Crippen LogP contribution is 2.39. The van der Waals surface area contributed by atoms with E-state index in [0.717, 1.165) is 18.1 Å². The van der Waals surface area contributed by atoms with E-state index >= 15 is 0 Å². The molecule has 186 valence electrons. The molecule has 0 unspecified atom stereocenters. The zero-order chi connectivity index (χ0) is 26.0. The molecule has 0 heterocycles. The highest BCUT2D eigenvalue weighted by Gasteiger charge is 2.42. The Labute approximate surface area is 194 Å². The summed E-state index contributed by atoms with van der Waals surface area (Å²) in [6.45, 7) is 1.87. The molecule has 0 aromatic heterocycles. The van der Waals surface area contributed by atoms with Gasteiger partial charge in [0.2, 0.25) is 0 Å². The summed E-state index contributed by atoms with van der Waals surface area (Å²) in [5.74, 6) is -9.39. The molecule has 3 aromatic carbocycles. The summed E-state index contributed by atoms with van der Waals surface area (Å²) in [6.07, 6.45) is -4.77. The predicted molar refractivity (Wildman–Crippen MR) is 111 cm³/mol. The molecule has 0 amide bonds. The van der Waals surface area contributed by atoms with E-state index in [1.165, 1.54) is 12.1 Å². The van der Waals surface area contributed by atoms with Gasteiger partial charge in [0, 0.05) is 17.7 Å². The second kappa shape index (κ2) is 10.1. The van der Waals surface area contributed by atoms with Crippen molar-refractivity contribution in [1.29, 1.82) is 0 Å². The predicted octanol–water partition coefficient (Wildman–Crippen LogP) is 8.57. The van der Waals surface area contributed by atoms with Gasteiger partial charge in [-0.05, 0) is 37.0 Å². The number of hydrogen-bond acceptors (Lipinski definition) is 1. The third-order valence-corrected chi connectivity index (χ3v) is 5.04. The third-order valence-electron chi connectivity index (χ3n) is 5.04. The summed E-state index contributed by atoms with van der Waals surface area (Å²) < 4.78 is 128. The van der Waals surface area contributed by atoms with Crippen LogP contribution in [0.25, 0.3) is 11.1 Å². The topological polar surface area (TPSA) is 9.23 Å². The zero-order valence-electron chi connectivity index (χ0n) is 18.0. The minimum atomic E-state index is -5.43. The number of allylic oxidation sites excluding steroid dienone is 2. The van der Waals surface area contributed by atoms with Crippen LogP contribution < -0.4 is 4.74 Å². The average Bonchev–Trinajstić information content (AvgIpc) is 2.74. The van der Waals surface area contributed by atoms with E-state index in [4.69, 9.17) is 0 Å². The molecular formula is C25H17F9O. The summed E-state index contributed by atoms with van der Waals surface area (Å²) in [4.78, 5) is 0. The van der Waals surface area contributed by atoms with Crippen LogP contribution >= 0.6 is 0 Å². The maximum Gasteiger partial charge on any atom is 0.429 e. The second-order valence-corrected chi connectivity index (χ2v) is 7.47. The van der Waals surface area contributed by atoms with Gasteiger partial charge in [-0.2, -0.15) is 22.0 Å². The maximum absolute atomic E-state index is 14.7. The van der Waals surface area contributed by atoms with Crippen molar-refractivity contribution in [2.45, 2.75) is 32.1 Å². The van der Waals surface area contributed by atoms with Gasteiger partial charge in [0.05, 0.1) is 0 Å². The standard InChI is InChI=1S/C25H17F9O/c1-2-3-4-5-14-6-8-15(9-7-14)17-10-11-18(23(29)22(17)28)25(33,34)35-16-12-19(26)21(20(27)13-16)24(30,31)32/h2-3,6-13H,4-5H2,1H3. The lowest BCUT2D eigenvalue weighted by Crippen LogP contribution is -2.24. The largest absolute Gasteiger partial charge is 0.429 e. The molecule has 0 atom stereocenters. The van der Waals surface area contributed by atoms with Crippen molar-refractivity contribution in [3.8, 4) is 16.9 Å². The van der Waals surface area contributed by atoms with Gasteiger partial charge in [-0.15, -0.1) is 0 Å². The Bertz CT molecular complexity index is 1210. The van der Waals surface area contributed by atoms with Crippen LogP contribution in [0, 0.1) is 23.3 Å². The van der Waals surface area contributed by atoms with E-state index in [0.29, 0.717) is 12.5 Å². The molecule has 0 spiro atoms. The molecule has 0 saturated carbocycles. The smallest absolute Gasteiger partial charge is 0.429 e. The fourth-order valence-electron chi connectivity index (χ4n) is 3.35. The Hall–Kier alpha value is -3.43. The van der Waals surface area contributed by atoms with Crippen molar-refractivity contribution >= 4 is 0 Å². The van der Waals surface area contributed by atoms with Crippen LogP contribution in [0.1, 0.15) is 30.0 Å². The van der Waals surface area contributed by atoms with Gasteiger partial charge in [0.1, 0.15) is 28.5 Å². The molecule has 0 saturated heterocycles. The first-order valence-corrected chi connectivity index (χ1v) is 10.2. The van der Waals surface area contributed by atoms with Crippen molar-refractivity contribution in [2.75, 3.05) is 0 Å². The highest BCUT2D eigenvalue weighted by molar-refractivity contribution is 5.65. The van der Waals surface area contributed by atoms with E-state index in [-0.39, 0.29) is 23.3 Å². The Kier molecular flexibility index (Phi) is 7.52. The minimum Gasteiger partial charge on any atom is -0.429 e. The zero-order valence-corrected chi connectivity index (χ0v) is 18.0. The molecule has 10 heteroatoms. The first kappa shape index (κ1) is 26.2. The molecule has 0 N–H and O–H groups in total. The Morgan fingerprint density at radius 1 is 0.800 bits per heavy atom. The highest BCUT2D eigenvalue weighted by atomic mass is 19.4. The molecule has 35 heavy (non-hydrogen) atoms. The molecule has 0 radical (unpaired) electrons. The van der Waals surface area contributed by atoms with Gasteiger partial charge >= 0.3 is 12.3 Å². The van der Waals surface area contributed by atoms with Crippen LogP contribution in [0.15, 0.2) is 60.7 Å². The van der Waals surface area contributed by atoms with Gasteiger partial charge in [-0.1, -0.05) is 42.5 Å². The first-order chi connectivity index (χ1) is 16.3. The fraction of sp³-hybridized carbons (Fsp3) is 0.200. The van der Waals surface area contributed by atoms with Gasteiger partial charge in [0.15, 0.2) is 11.6 Å². The van der Waals surface area contributed by atoms with Gasteiger partial charge in [0.25, 0.3) is 0 Å². The van der Waals surface area contributed by atoms with Crippen LogP contribution in [-0.4, -0.2) is 0 Å². The van der Waals surface area contributed by atoms with E-state index in [1.807, 2.05) is 19.1 Å². The number of aryl methyl sites for hydroxylation is 1. The lowest BCUT2D eigenvalue weighted by atomic mass is 9.99. The second-order valence-electron chi connectivity index (χ2n) is 7.47. The maximum atomic E-state index is 14.7.